The molecule has 0 spiro atoms. The normalized spacial score (nSPS) is 14.7. The van der Waals surface area contributed by atoms with Gasteiger partial charge >= 0.3 is 0 Å². The van der Waals surface area contributed by atoms with Gasteiger partial charge in [0, 0.05) is 25.2 Å². The molecule has 5 nitrogen and oxygen atoms in total. The molecule has 1 rings (SSSR count). The highest BCUT2D eigenvalue weighted by molar-refractivity contribution is 7.99. The number of rotatable bonds is 6. The molecule has 0 aliphatic heterocycles. The standard InChI is InChI=1S/C10H18N4OS/c1-10(12,8(11)15)4-3-7-16-9-13-5-6-14(9)2/h5-6H,3-4,7,12H2,1-2H3,(H2,11,15). The molecule has 6 heteroatoms. The van der Waals surface area contributed by atoms with E-state index in [-0.39, 0.29) is 0 Å². The van der Waals surface area contributed by atoms with Crippen LogP contribution in [0.5, 0.6) is 0 Å². The van der Waals surface area contributed by atoms with E-state index in [9.17, 15) is 4.79 Å². The lowest BCUT2D eigenvalue weighted by atomic mass is 9.97. The zero-order valence-corrected chi connectivity index (χ0v) is 10.5. The summed E-state index contributed by atoms with van der Waals surface area (Å²) >= 11 is 1.65. The van der Waals surface area contributed by atoms with E-state index in [4.69, 9.17) is 11.5 Å². The highest BCUT2D eigenvalue weighted by Gasteiger charge is 2.24. The molecule has 0 radical (unpaired) electrons. The Hall–Kier alpha value is -1.01. The Kier molecular flexibility index (Phi) is 4.37. The maximum absolute atomic E-state index is 11.0. The molecule has 0 aromatic carbocycles. The molecular weight excluding hydrogens is 224 g/mol. The van der Waals surface area contributed by atoms with Crippen molar-refractivity contribution in [2.75, 3.05) is 5.75 Å². The summed E-state index contributed by atoms with van der Waals surface area (Å²) in [6.07, 6.45) is 5.10. The van der Waals surface area contributed by atoms with Crippen molar-refractivity contribution in [3.8, 4) is 0 Å². The zero-order chi connectivity index (χ0) is 12.2. The average Bonchev–Trinajstić information content (AvgIpc) is 2.59. The molecule has 90 valence electrons. The van der Waals surface area contributed by atoms with Crippen LogP contribution in [0.15, 0.2) is 17.6 Å². The lowest BCUT2D eigenvalue weighted by molar-refractivity contribution is -0.122. The minimum absolute atomic E-state index is 0.450. The summed E-state index contributed by atoms with van der Waals surface area (Å²) in [6.45, 7) is 1.67. The van der Waals surface area contributed by atoms with Crippen molar-refractivity contribution < 1.29 is 4.79 Å². The van der Waals surface area contributed by atoms with Crippen LogP contribution in [0.3, 0.4) is 0 Å². The number of hydrogen-bond donors (Lipinski definition) is 2. The van der Waals surface area contributed by atoms with Crippen molar-refractivity contribution in [1.82, 2.24) is 9.55 Å². The monoisotopic (exact) mass is 242 g/mol. The highest BCUT2D eigenvalue weighted by atomic mass is 32.2. The molecule has 0 aliphatic rings. The van der Waals surface area contributed by atoms with Crippen molar-refractivity contribution in [2.24, 2.45) is 18.5 Å². The number of thioether (sulfide) groups is 1. The summed E-state index contributed by atoms with van der Waals surface area (Å²) in [5.41, 5.74) is 10.0. The van der Waals surface area contributed by atoms with Crippen LogP contribution >= 0.6 is 11.8 Å². The molecule has 1 aromatic rings. The fourth-order valence-corrected chi connectivity index (χ4v) is 2.09. The summed E-state index contributed by atoms with van der Waals surface area (Å²) in [5.74, 6) is 0.430. The first kappa shape index (κ1) is 13.1. The highest BCUT2D eigenvalue weighted by Crippen LogP contribution is 2.18. The summed E-state index contributed by atoms with van der Waals surface area (Å²) in [7, 11) is 1.95. The number of aromatic nitrogens is 2. The van der Waals surface area contributed by atoms with E-state index in [0.717, 1.165) is 17.3 Å². The summed E-state index contributed by atoms with van der Waals surface area (Å²) in [4.78, 5) is 15.2. The van der Waals surface area contributed by atoms with Crippen LogP contribution in [-0.2, 0) is 11.8 Å². The molecule has 1 atom stereocenters. The maximum Gasteiger partial charge on any atom is 0.237 e. The van der Waals surface area contributed by atoms with E-state index < -0.39 is 11.4 Å². The molecule has 0 saturated heterocycles. The van der Waals surface area contributed by atoms with Gasteiger partial charge in [-0.25, -0.2) is 4.98 Å². The van der Waals surface area contributed by atoms with E-state index in [1.54, 1.807) is 24.9 Å². The van der Waals surface area contributed by atoms with Gasteiger partial charge in [0.05, 0.1) is 5.54 Å². The topological polar surface area (TPSA) is 86.9 Å². The Bertz CT molecular complexity index is 361. The van der Waals surface area contributed by atoms with Gasteiger partial charge in [0.15, 0.2) is 5.16 Å². The van der Waals surface area contributed by atoms with Gasteiger partial charge in [0.2, 0.25) is 5.91 Å². The quantitative estimate of drug-likeness (QED) is 0.561. The second-order valence-electron chi connectivity index (χ2n) is 4.05. The summed E-state index contributed by atoms with van der Waals surface area (Å²) in [6, 6.07) is 0. The number of amides is 1. The molecule has 0 saturated carbocycles. The van der Waals surface area contributed by atoms with Crippen molar-refractivity contribution in [3.63, 3.8) is 0 Å². The van der Waals surface area contributed by atoms with Gasteiger partial charge in [-0.3, -0.25) is 4.79 Å². The van der Waals surface area contributed by atoms with E-state index in [2.05, 4.69) is 4.98 Å². The lowest BCUT2D eigenvalue weighted by Gasteiger charge is -2.19. The second kappa shape index (κ2) is 5.36. The van der Waals surface area contributed by atoms with E-state index >= 15 is 0 Å². The van der Waals surface area contributed by atoms with Crippen LogP contribution in [0.2, 0.25) is 0 Å². The first-order chi connectivity index (χ1) is 7.43. The summed E-state index contributed by atoms with van der Waals surface area (Å²) < 4.78 is 1.96. The van der Waals surface area contributed by atoms with E-state index in [0.29, 0.717) is 6.42 Å². The number of nitrogens with zero attached hydrogens (tertiary/aromatic N) is 2. The largest absolute Gasteiger partial charge is 0.368 e. The van der Waals surface area contributed by atoms with Crippen LogP contribution in [0.4, 0.5) is 0 Å². The Morgan fingerprint density at radius 1 is 1.69 bits per heavy atom. The molecule has 1 heterocycles. The average molecular weight is 242 g/mol. The fourth-order valence-electron chi connectivity index (χ4n) is 1.22. The van der Waals surface area contributed by atoms with Gasteiger partial charge in [-0.15, -0.1) is 0 Å². The van der Waals surface area contributed by atoms with Crippen LogP contribution in [0.25, 0.3) is 0 Å². The Balaban J connectivity index is 2.27. The molecule has 1 unspecified atom stereocenters. The number of aryl methyl sites for hydroxylation is 1. The lowest BCUT2D eigenvalue weighted by Crippen LogP contribution is -2.49. The predicted molar refractivity (Wildman–Crippen MR) is 65.0 cm³/mol. The molecule has 16 heavy (non-hydrogen) atoms. The van der Waals surface area contributed by atoms with Crippen molar-refractivity contribution in [1.29, 1.82) is 0 Å². The van der Waals surface area contributed by atoms with Crippen LogP contribution < -0.4 is 11.5 Å². The van der Waals surface area contributed by atoms with Crippen molar-refractivity contribution >= 4 is 17.7 Å². The minimum atomic E-state index is -0.901. The van der Waals surface area contributed by atoms with E-state index in [1.807, 2.05) is 17.8 Å². The molecule has 0 aliphatic carbocycles. The third kappa shape index (κ3) is 3.53. The minimum Gasteiger partial charge on any atom is -0.368 e. The molecule has 0 fully saturated rings. The third-order valence-electron chi connectivity index (χ3n) is 2.41. The molecule has 0 bridgehead atoms. The Morgan fingerprint density at radius 3 is 2.88 bits per heavy atom. The number of hydrogen-bond acceptors (Lipinski definition) is 4. The first-order valence-electron chi connectivity index (χ1n) is 5.12. The van der Waals surface area contributed by atoms with Crippen LogP contribution in [0, 0.1) is 0 Å². The van der Waals surface area contributed by atoms with Gasteiger partial charge in [-0.2, -0.15) is 0 Å². The number of carbonyl (C=O) groups is 1. The molecular formula is C10H18N4OS. The predicted octanol–water partition coefficient (Wildman–Crippen LogP) is 0.495. The zero-order valence-electron chi connectivity index (χ0n) is 9.64. The van der Waals surface area contributed by atoms with Crippen LogP contribution in [0.1, 0.15) is 19.8 Å². The van der Waals surface area contributed by atoms with Crippen molar-refractivity contribution in [3.05, 3.63) is 12.4 Å². The van der Waals surface area contributed by atoms with Gasteiger partial charge in [-0.1, -0.05) is 11.8 Å². The Labute approximate surface area is 99.6 Å². The SMILES string of the molecule is Cn1ccnc1SCCCC(C)(N)C(N)=O. The van der Waals surface area contributed by atoms with Gasteiger partial charge < -0.3 is 16.0 Å². The van der Waals surface area contributed by atoms with Gasteiger partial charge in [-0.05, 0) is 19.8 Å². The number of nitrogens with two attached hydrogens (primary N) is 2. The summed E-state index contributed by atoms with van der Waals surface area (Å²) in [5, 5.41) is 0.970. The molecule has 1 aromatic heterocycles. The number of primary amides is 1. The fraction of sp³-hybridized carbons (Fsp3) is 0.600. The smallest absolute Gasteiger partial charge is 0.237 e. The number of imidazole rings is 1. The number of carbonyl (C=O) groups excluding carboxylic acids is 1. The van der Waals surface area contributed by atoms with Gasteiger partial charge in [0.1, 0.15) is 0 Å². The van der Waals surface area contributed by atoms with Crippen molar-refractivity contribution in [2.45, 2.75) is 30.5 Å². The van der Waals surface area contributed by atoms with Gasteiger partial charge in [0.25, 0.3) is 0 Å². The molecule has 1 amide bonds. The molecule has 4 N–H and O–H groups in total. The first-order valence-corrected chi connectivity index (χ1v) is 6.11. The van der Waals surface area contributed by atoms with E-state index in [1.165, 1.54) is 0 Å². The third-order valence-corrected chi connectivity index (χ3v) is 3.56. The Morgan fingerprint density at radius 2 is 2.38 bits per heavy atom. The second-order valence-corrected chi connectivity index (χ2v) is 5.12. The van der Waals surface area contributed by atoms with Crippen LogP contribution in [-0.4, -0.2) is 26.8 Å². The maximum atomic E-state index is 11.0.